The number of amides is 1. The molecule has 4 nitrogen and oxygen atoms in total. The molecule has 0 aromatic heterocycles. The molecule has 0 spiro atoms. The molecule has 2 atom stereocenters. The van der Waals surface area contributed by atoms with Gasteiger partial charge in [0.15, 0.2) is 0 Å². The second-order valence-electron chi connectivity index (χ2n) is 6.24. The first-order valence-electron chi connectivity index (χ1n) is 7.70. The molecule has 1 saturated heterocycles. The van der Waals surface area contributed by atoms with Gasteiger partial charge in [-0.1, -0.05) is 43.2 Å². The van der Waals surface area contributed by atoms with Crippen LogP contribution >= 0.6 is 0 Å². The highest BCUT2D eigenvalue weighted by Gasteiger charge is 2.40. The fraction of sp³-hybridized carbons (Fsp3) is 0.529. The third kappa shape index (κ3) is 3.26. The fourth-order valence-electron chi connectivity index (χ4n) is 3.19. The van der Waals surface area contributed by atoms with Gasteiger partial charge in [0.05, 0.1) is 5.92 Å². The topological polar surface area (TPSA) is 57.6 Å². The van der Waals surface area contributed by atoms with Gasteiger partial charge >= 0.3 is 5.97 Å². The lowest BCUT2D eigenvalue weighted by molar-refractivity contribution is -0.141. The van der Waals surface area contributed by atoms with Crippen LogP contribution in [0.2, 0.25) is 0 Å². The van der Waals surface area contributed by atoms with Gasteiger partial charge in [-0.2, -0.15) is 0 Å². The van der Waals surface area contributed by atoms with Gasteiger partial charge in [0.25, 0.3) is 0 Å². The van der Waals surface area contributed by atoms with E-state index in [9.17, 15) is 14.7 Å². The number of carbonyl (C=O) groups excluding carboxylic acids is 1. The summed E-state index contributed by atoms with van der Waals surface area (Å²) in [6.07, 6.45) is 4.02. The molecule has 1 heterocycles. The fourth-order valence-corrected chi connectivity index (χ4v) is 3.19. The van der Waals surface area contributed by atoms with Crippen LogP contribution in [-0.4, -0.2) is 35.0 Å². The molecule has 1 aliphatic carbocycles. The minimum absolute atomic E-state index is 0.0893. The van der Waals surface area contributed by atoms with E-state index in [-0.39, 0.29) is 11.8 Å². The molecule has 2 aliphatic rings. The molecule has 2 fully saturated rings. The number of carbonyl (C=O) groups is 2. The SMILES string of the molecule is O=C(O)[C@@H]1CN(C(=O)CCC2CC2)C[C@@H]1c1ccccc1. The number of benzene rings is 1. The number of hydrogen-bond acceptors (Lipinski definition) is 2. The zero-order valence-corrected chi connectivity index (χ0v) is 12.1. The van der Waals surface area contributed by atoms with Gasteiger partial charge in [-0.05, 0) is 17.9 Å². The molecule has 1 N–H and O–H groups in total. The molecule has 1 saturated carbocycles. The first-order chi connectivity index (χ1) is 10.1. The van der Waals surface area contributed by atoms with E-state index in [0.29, 0.717) is 19.5 Å². The molecule has 21 heavy (non-hydrogen) atoms. The number of likely N-dealkylation sites (tertiary alicyclic amines) is 1. The summed E-state index contributed by atoms with van der Waals surface area (Å²) in [7, 11) is 0. The highest BCUT2D eigenvalue weighted by molar-refractivity contribution is 5.79. The molecule has 0 bridgehead atoms. The highest BCUT2D eigenvalue weighted by atomic mass is 16.4. The lowest BCUT2D eigenvalue weighted by Gasteiger charge is -2.16. The van der Waals surface area contributed by atoms with Gasteiger partial charge in [0, 0.05) is 25.4 Å². The first kappa shape index (κ1) is 14.1. The van der Waals surface area contributed by atoms with Crippen LogP contribution in [0.5, 0.6) is 0 Å². The second kappa shape index (κ2) is 5.88. The van der Waals surface area contributed by atoms with Crippen molar-refractivity contribution in [2.24, 2.45) is 11.8 Å². The van der Waals surface area contributed by atoms with Crippen molar-refractivity contribution < 1.29 is 14.7 Å². The number of hydrogen-bond donors (Lipinski definition) is 1. The second-order valence-corrected chi connectivity index (χ2v) is 6.24. The van der Waals surface area contributed by atoms with Crippen LogP contribution in [0, 0.1) is 11.8 Å². The van der Waals surface area contributed by atoms with E-state index >= 15 is 0 Å². The molecular weight excluding hydrogens is 266 g/mol. The van der Waals surface area contributed by atoms with Crippen LogP contribution in [0.3, 0.4) is 0 Å². The summed E-state index contributed by atoms with van der Waals surface area (Å²) in [4.78, 5) is 25.5. The molecule has 1 aromatic carbocycles. The van der Waals surface area contributed by atoms with E-state index < -0.39 is 11.9 Å². The molecule has 112 valence electrons. The number of aliphatic carboxylic acids is 1. The summed E-state index contributed by atoms with van der Waals surface area (Å²) < 4.78 is 0. The Balaban J connectivity index is 1.68. The summed E-state index contributed by atoms with van der Waals surface area (Å²) in [5.41, 5.74) is 1.02. The average molecular weight is 287 g/mol. The molecule has 0 radical (unpaired) electrons. The Morgan fingerprint density at radius 3 is 2.48 bits per heavy atom. The molecule has 4 heteroatoms. The van der Waals surface area contributed by atoms with Crippen molar-refractivity contribution in [2.75, 3.05) is 13.1 Å². The minimum Gasteiger partial charge on any atom is -0.481 e. The molecule has 1 aliphatic heterocycles. The lowest BCUT2D eigenvalue weighted by atomic mass is 9.89. The quantitative estimate of drug-likeness (QED) is 0.905. The van der Waals surface area contributed by atoms with E-state index in [4.69, 9.17) is 0 Å². The van der Waals surface area contributed by atoms with E-state index in [0.717, 1.165) is 17.9 Å². The maximum atomic E-state index is 12.3. The van der Waals surface area contributed by atoms with Crippen molar-refractivity contribution in [3.8, 4) is 0 Å². The van der Waals surface area contributed by atoms with Gasteiger partial charge in [-0.15, -0.1) is 0 Å². The van der Waals surface area contributed by atoms with Crippen molar-refractivity contribution in [3.63, 3.8) is 0 Å². The summed E-state index contributed by atoms with van der Waals surface area (Å²) in [5.74, 6) is -0.532. The zero-order valence-electron chi connectivity index (χ0n) is 12.1. The smallest absolute Gasteiger partial charge is 0.308 e. The van der Waals surface area contributed by atoms with Gasteiger partial charge in [-0.25, -0.2) is 0 Å². The van der Waals surface area contributed by atoms with Crippen LogP contribution in [0.4, 0.5) is 0 Å². The highest BCUT2D eigenvalue weighted by Crippen LogP contribution is 2.36. The van der Waals surface area contributed by atoms with E-state index in [1.165, 1.54) is 12.8 Å². The summed E-state index contributed by atoms with van der Waals surface area (Å²) in [5, 5.41) is 9.43. The summed E-state index contributed by atoms with van der Waals surface area (Å²) in [6, 6.07) is 9.68. The van der Waals surface area contributed by atoms with Crippen LogP contribution < -0.4 is 0 Å². The predicted molar refractivity (Wildman–Crippen MR) is 78.8 cm³/mol. The van der Waals surface area contributed by atoms with Crippen molar-refractivity contribution in [3.05, 3.63) is 35.9 Å². The van der Waals surface area contributed by atoms with Gasteiger partial charge in [0.1, 0.15) is 0 Å². The summed E-state index contributed by atoms with van der Waals surface area (Å²) in [6.45, 7) is 0.878. The normalized spacial score (nSPS) is 25.0. The van der Waals surface area contributed by atoms with Crippen molar-refractivity contribution >= 4 is 11.9 Å². The first-order valence-corrected chi connectivity index (χ1v) is 7.70. The molecule has 0 unspecified atom stereocenters. The Labute approximate surface area is 124 Å². The average Bonchev–Trinajstić information content (AvgIpc) is 3.21. The molecule has 1 aromatic rings. The maximum Gasteiger partial charge on any atom is 0.308 e. The Morgan fingerprint density at radius 2 is 1.86 bits per heavy atom. The third-order valence-electron chi connectivity index (χ3n) is 4.68. The van der Waals surface area contributed by atoms with Gasteiger partial charge < -0.3 is 10.0 Å². The van der Waals surface area contributed by atoms with E-state index in [2.05, 4.69) is 0 Å². The van der Waals surface area contributed by atoms with Crippen molar-refractivity contribution in [2.45, 2.75) is 31.6 Å². The zero-order chi connectivity index (χ0) is 14.8. The lowest BCUT2D eigenvalue weighted by Crippen LogP contribution is -2.29. The van der Waals surface area contributed by atoms with Gasteiger partial charge in [-0.3, -0.25) is 9.59 Å². The molecule has 3 rings (SSSR count). The Morgan fingerprint density at radius 1 is 1.14 bits per heavy atom. The molecular formula is C17H21NO3. The van der Waals surface area contributed by atoms with Crippen LogP contribution in [0.15, 0.2) is 30.3 Å². The Hall–Kier alpha value is -1.84. The summed E-state index contributed by atoms with van der Waals surface area (Å²) >= 11 is 0. The number of carboxylic acid groups (broad SMARTS) is 1. The van der Waals surface area contributed by atoms with Crippen LogP contribution in [0.25, 0.3) is 0 Å². The predicted octanol–water partition coefficient (Wildman–Crippen LogP) is 2.50. The standard InChI is InChI=1S/C17H21NO3/c19-16(9-8-12-6-7-12)18-10-14(15(11-18)17(20)21)13-4-2-1-3-5-13/h1-5,12,14-15H,6-11H2,(H,20,21)/t14-,15-/m1/s1. The number of rotatable bonds is 5. The number of carboxylic acids is 1. The minimum atomic E-state index is -0.804. The largest absolute Gasteiger partial charge is 0.481 e. The van der Waals surface area contributed by atoms with Crippen LogP contribution in [0.1, 0.15) is 37.2 Å². The Bertz CT molecular complexity index is 524. The van der Waals surface area contributed by atoms with Gasteiger partial charge in [0.2, 0.25) is 5.91 Å². The van der Waals surface area contributed by atoms with Crippen molar-refractivity contribution in [1.82, 2.24) is 4.90 Å². The van der Waals surface area contributed by atoms with E-state index in [1.807, 2.05) is 30.3 Å². The van der Waals surface area contributed by atoms with Crippen molar-refractivity contribution in [1.29, 1.82) is 0 Å². The number of nitrogens with zero attached hydrogens (tertiary/aromatic N) is 1. The molecule has 1 amide bonds. The Kier molecular flexibility index (Phi) is 3.95. The van der Waals surface area contributed by atoms with E-state index in [1.54, 1.807) is 4.90 Å². The van der Waals surface area contributed by atoms with Crippen LogP contribution in [-0.2, 0) is 9.59 Å². The third-order valence-corrected chi connectivity index (χ3v) is 4.68. The maximum absolute atomic E-state index is 12.3. The monoisotopic (exact) mass is 287 g/mol.